The molecule has 1 atom stereocenters. The summed E-state index contributed by atoms with van der Waals surface area (Å²) in [4.78, 5) is 11.2. The molecule has 0 aliphatic carbocycles. The van der Waals surface area contributed by atoms with E-state index in [1.54, 1.807) is 6.92 Å². The lowest BCUT2D eigenvalue weighted by molar-refractivity contribution is 0.0198. The van der Waals surface area contributed by atoms with Crippen molar-refractivity contribution in [2.45, 2.75) is 19.4 Å². The summed E-state index contributed by atoms with van der Waals surface area (Å²) < 4.78 is 70.6. The lowest BCUT2D eigenvalue weighted by Crippen LogP contribution is -2.45. The quantitative estimate of drug-likeness (QED) is 0.288. The number of hydrogen-bond acceptors (Lipinski definition) is 10. The highest BCUT2D eigenvalue weighted by atomic mass is 35.5. The molecule has 0 N–H and O–H groups in total. The maximum Gasteiger partial charge on any atom is 0.425 e. The van der Waals surface area contributed by atoms with E-state index >= 15 is 0 Å². The van der Waals surface area contributed by atoms with E-state index in [-0.39, 0.29) is 24.7 Å². The highest BCUT2D eigenvalue weighted by Gasteiger charge is 2.46. The van der Waals surface area contributed by atoms with E-state index in [0.717, 1.165) is 4.42 Å². The van der Waals surface area contributed by atoms with E-state index in [4.69, 9.17) is 43.4 Å². The Morgan fingerprint density at radius 3 is 2.04 bits per heavy atom. The molecule has 160 valence electrons. The molecule has 0 radical (unpaired) electrons. The Hall–Kier alpha value is -0.990. The van der Waals surface area contributed by atoms with Crippen LogP contribution in [0.3, 0.4) is 0 Å². The van der Waals surface area contributed by atoms with Gasteiger partial charge in [0, 0.05) is 18.4 Å². The van der Waals surface area contributed by atoms with Gasteiger partial charge in [0.1, 0.15) is 12.1 Å². The van der Waals surface area contributed by atoms with Gasteiger partial charge in [0.2, 0.25) is 0 Å². The minimum absolute atomic E-state index is 0.0525. The molecule has 1 unspecified atom stereocenters. The third-order valence-corrected chi connectivity index (χ3v) is 5.56. The third kappa shape index (κ3) is 12.2. The lowest BCUT2D eigenvalue weighted by Gasteiger charge is -2.25. The standard InChI is InChI=1S/C13H24ClNO7S.O3S/c1-3-19-4-5-20-6-7-21-8-9-23(17,18)11-13(2)10-22-12(16)15(13)14;1-4(2)3/h3-11H2,1-2H3;. The van der Waals surface area contributed by atoms with Gasteiger partial charge in [-0.3, -0.25) is 0 Å². The van der Waals surface area contributed by atoms with Crippen molar-refractivity contribution < 1.29 is 44.8 Å². The Morgan fingerprint density at radius 1 is 1.11 bits per heavy atom. The zero-order valence-electron chi connectivity index (χ0n) is 15.1. The average molecular weight is 454 g/mol. The number of halogens is 1. The number of carbonyl (C=O) groups excluding carboxylic acids is 1. The Morgan fingerprint density at radius 2 is 1.59 bits per heavy atom. The van der Waals surface area contributed by atoms with E-state index in [0.29, 0.717) is 33.0 Å². The molecule has 1 fully saturated rings. The molecule has 0 spiro atoms. The molecular formula is C13H24ClNO10S2. The molecule has 1 heterocycles. The topological polar surface area (TPSA) is 143 Å². The van der Waals surface area contributed by atoms with Crippen molar-refractivity contribution in [2.75, 3.05) is 57.8 Å². The first-order valence-corrected chi connectivity index (χ1v) is 11.0. The van der Waals surface area contributed by atoms with Crippen LogP contribution in [0.1, 0.15) is 13.8 Å². The van der Waals surface area contributed by atoms with Gasteiger partial charge < -0.3 is 18.9 Å². The van der Waals surface area contributed by atoms with Gasteiger partial charge in [-0.1, -0.05) is 0 Å². The molecule has 0 saturated carbocycles. The number of hydrogen-bond donors (Lipinski definition) is 0. The summed E-state index contributed by atoms with van der Waals surface area (Å²) in [5.74, 6) is -0.427. The van der Waals surface area contributed by atoms with Crippen molar-refractivity contribution in [3.05, 3.63) is 0 Å². The van der Waals surface area contributed by atoms with E-state index in [1.165, 1.54) is 0 Å². The van der Waals surface area contributed by atoms with Crippen LogP contribution < -0.4 is 0 Å². The second-order valence-corrected chi connectivity index (χ2v) is 8.48. The number of nitrogens with zero attached hydrogens (tertiary/aromatic N) is 1. The Kier molecular flexibility index (Phi) is 12.7. The second kappa shape index (κ2) is 13.2. The zero-order valence-corrected chi connectivity index (χ0v) is 17.5. The highest BCUT2D eigenvalue weighted by Crippen LogP contribution is 2.27. The van der Waals surface area contributed by atoms with Crippen LogP contribution in [0.4, 0.5) is 4.79 Å². The van der Waals surface area contributed by atoms with Gasteiger partial charge in [-0.05, 0) is 13.8 Å². The van der Waals surface area contributed by atoms with Crippen molar-refractivity contribution in [2.24, 2.45) is 0 Å². The Labute approximate surface area is 164 Å². The third-order valence-electron chi connectivity index (χ3n) is 3.16. The second-order valence-electron chi connectivity index (χ2n) is 5.55. The van der Waals surface area contributed by atoms with Crippen molar-refractivity contribution >= 4 is 38.3 Å². The molecule has 1 rings (SSSR count). The molecular weight excluding hydrogens is 430 g/mol. The summed E-state index contributed by atoms with van der Waals surface area (Å²) in [6, 6.07) is 0. The van der Waals surface area contributed by atoms with Gasteiger partial charge in [-0.25, -0.2) is 17.6 Å². The molecule has 0 bridgehead atoms. The first-order valence-electron chi connectivity index (χ1n) is 7.87. The summed E-state index contributed by atoms with van der Waals surface area (Å²) in [7, 11) is -6.54. The van der Waals surface area contributed by atoms with Crippen LogP contribution in [-0.4, -0.2) is 94.8 Å². The summed E-state index contributed by atoms with van der Waals surface area (Å²) in [6.45, 7) is 5.81. The van der Waals surface area contributed by atoms with E-state index in [1.807, 2.05) is 6.92 Å². The van der Waals surface area contributed by atoms with Crippen LogP contribution in [-0.2, 0) is 39.4 Å². The van der Waals surface area contributed by atoms with Gasteiger partial charge in [0.15, 0.2) is 9.84 Å². The predicted molar refractivity (Wildman–Crippen MR) is 93.9 cm³/mol. The fraction of sp³-hybridized carbons (Fsp3) is 0.923. The summed E-state index contributed by atoms with van der Waals surface area (Å²) in [5, 5.41) is 0. The molecule has 1 aliphatic heterocycles. The van der Waals surface area contributed by atoms with Gasteiger partial charge in [0.05, 0.1) is 44.5 Å². The van der Waals surface area contributed by atoms with E-state index in [9.17, 15) is 13.2 Å². The van der Waals surface area contributed by atoms with Crippen LogP contribution in [0.2, 0.25) is 0 Å². The molecule has 14 heteroatoms. The van der Waals surface area contributed by atoms with Gasteiger partial charge >= 0.3 is 16.7 Å². The largest absolute Gasteiger partial charge is 0.446 e. The normalized spacial score (nSPS) is 19.4. The minimum Gasteiger partial charge on any atom is -0.446 e. The SMILES string of the molecule is CCOCCOCCOCCS(=O)(=O)CC1(C)COC(=O)N1Cl.O=S(=O)=O. The van der Waals surface area contributed by atoms with Crippen LogP contribution in [0.15, 0.2) is 0 Å². The number of amides is 1. The van der Waals surface area contributed by atoms with Crippen LogP contribution in [0.25, 0.3) is 0 Å². The number of ether oxygens (including phenoxy) is 4. The fourth-order valence-electron chi connectivity index (χ4n) is 1.97. The van der Waals surface area contributed by atoms with Gasteiger partial charge in [-0.2, -0.15) is 0 Å². The van der Waals surface area contributed by atoms with E-state index < -0.39 is 32.1 Å². The van der Waals surface area contributed by atoms with Crippen molar-refractivity contribution in [3.63, 3.8) is 0 Å². The highest BCUT2D eigenvalue weighted by molar-refractivity contribution is 7.91. The Bertz CT molecular complexity index is 647. The van der Waals surface area contributed by atoms with Crippen LogP contribution in [0, 0.1) is 0 Å². The average Bonchev–Trinajstić information content (AvgIpc) is 2.80. The van der Waals surface area contributed by atoms with E-state index in [2.05, 4.69) is 0 Å². The van der Waals surface area contributed by atoms with Crippen molar-refractivity contribution in [1.82, 2.24) is 4.42 Å². The first-order chi connectivity index (χ1) is 12.5. The monoisotopic (exact) mass is 453 g/mol. The Balaban J connectivity index is 0.00000153. The zero-order chi connectivity index (χ0) is 20.9. The number of rotatable bonds is 12. The van der Waals surface area contributed by atoms with Crippen LogP contribution in [0.5, 0.6) is 0 Å². The summed E-state index contributed by atoms with van der Waals surface area (Å²) in [5.41, 5.74) is -1.06. The van der Waals surface area contributed by atoms with Crippen molar-refractivity contribution in [1.29, 1.82) is 0 Å². The maximum absolute atomic E-state index is 12.1. The van der Waals surface area contributed by atoms with Gasteiger partial charge in [0.25, 0.3) is 0 Å². The summed E-state index contributed by atoms with van der Waals surface area (Å²) in [6.07, 6.45) is -0.732. The molecule has 0 aromatic heterocycles. The molecule has 0 aromatic carbocycles. The smallest absolute Gasteiger partial charge is 0.425 e. The fourth-order valence-corrected chi connectivity index (χ4v) is 3.87. The first kappa shape index (κ1) is 26.0. The molecule has 1 saturated heterocycles. The minimum atomic E-state index is -3.43. The number of cyclic esters (lactones) is 1. The molecule has 1 aliphatic rings. The molecule has 11 nitrogen and oxygen atoms in total. The molecule has 0 aromatic rings. The number of carbonyl (C=O) groups is 1. The number of sulfone groups is 1. The van der Waals surface area contributed by atoms with Crippen molar-refractivity contribution in [3.8, 4) is 0 Å². The van der Waals surface area contributed by atoms with Gasteiger partial charge in [-0.15, -0.1) is 12.6 Å². The summed E-state index contributed by atoms with van der Waals surface area (Å²) >= 11 is 5.77. The lowest BCUT2D eigenvalue weighted by atomic mass is 10.1. The predicted octanol–water partition coefficient (Wildman–Crippen LogP) is -0.168. The molecule has 27 heavy (non-hydrogen) atoms. The van der Waals surface area contributed by atoms with Crippen LogP contribution >= 0.6 is 11.8 Å². The maximum atomic E-state index is 12.1. The molecule has 1 amide bonds.